The monoisotopic (exact) mass is 108 g/mol. The summed E-state index contributed by atoms with van der Waals surface area (Å²) in [6.45, 7) is 3.53. The van der Waals surface area contributed by atoms with Gasteiger partial charge in [-0.25, -0.2) is 0 Å². The quantitative estimate of drug-likeness (QED) is 0.472. The van der Waals surface area contributed by atoms with E-state index in [4.69, 9.17) is 7.85 Å². The molecule has 0 heterocycles. The minimum Gasteiger partial charge on any atom is -0.343 e. The van der Waals surface area contributed by atoms with E-state index < -0.39 is 5.21 Å². The van der Waals surface area contributed by atoms with Crippen LogP contribution in [0, 0.1) is 0 Å². The summed E-state index contributed by atoms with van der Waals surface area (Å²) >= 11 is 0. The van der Waals surface area contributed by atoms with E-state index >= 15 is 0 Å². The Balaban J connectivity index is 3.37. The topological polar surface area (TPSA) is 0 Å². The fourth-order valence-corrected chi connectivity index (χ4v) is 0.348. The molecule has 0 rings (SSSR count). The first-order valence-corrected chi connectivity index (χ1v) is 2.61. The van der Waals surface area contributed by atoms with Crippen molar-refractivity contribution >= 4 is 22.7 Å². The zero-order valence-corrected chi connectivity index (χ0v) is 5.32. The zero-order chi connectivity index (χ0) is 6.62. The zero-order valence-electron chi connectivity index (χ0n) is 5.32. The van der Waals surface area contributed by atoms with E-state index in [1.165, 1.54) is 0 Å². The van der Waals surface area contributed by atoms with Crippen molar-refractivity contribution in [3.8, 4) is 0 Å². The Hall–Kier alpha value is 0.125. The molecule has 0 amide bonds. The molecule has 8 heavy (non-hydrogen) atoms. The van der Waals surface area contributed by atoms with Gasteiger partial charge >= 0.3 is 7.56 Å². The molecule has 0 fully saturated rings. The predicted octanol–water partition coefficient (Wildman–Crippen LogP) is 0.980. The highest BCUT2D eigenvalue weighted by molar-refractivity contribution is 6.62. The summed E-state index contributed by atoms with van der Waals surface area (Å²) < 4.78 is 11.7. The van der Waals surface area contributed by atoms with Crippen molar-refractivity contribution in [3.63, 3.8) is 0 Å². The van der Waals surface area contributed by atoms with Crippen LogP contribution in [0.2, 0.25) is 11.4 Å². The van der Waals surface area contributed by atoms with Crippen LogP contribution in [0.4, 0.5) is 4.32 Å². The van der Waals surface area contributed by atoms with Gasteiger partial charge in [-0.2, -0.15) is 0 Å². The normalized spacial score (nSPS) is 10.9. The molecular formula is C4H8B3F. The summed E-state index contributed by atoms with van der Waals surface area (Å²) in [4.78, 5) is 0. The summed E-state index contributed by atoms with van der Waals surface area (Å²) in [7, 11) is 7.50. The minimum absolute atomic E-state index is 0.424. The van der Waals surface area contributed by atoms with Gasteiger partial charge in [0.05, 0.1) is 7.85 Å². The highest BCUT2D eigenvalue weighted by Gasteiger charge is 2.18. The second-order valence-electron chi connectivity index (χ2n) is 2.37. The minimum atomic E-state index is -0.450. The Labute approximate surface area is 53.2 Å². The van der Waals surface area contributed by atoms with Crippen molar-refractivity contribution in [2.75, 3.05) is 0 Å². The molecule has 0 aromatic heterocycles. The average Bonchev–Trinajstić information content (AvgIpc) is 1.67. The lowest BCUT2D eigenvalue weighted by atomic mass is 9.39. The fraction of sp³-hybridized carbons (Fsp3) is 1.00. The number of rotatable bonds is 3. The summed E-state index contributed by atoms with van der Waals surface area (Å²) in [6, 6.07) is 0. The van der Waals surface area contributed by atoms with Crippen molar-refractivity contribution in [3.05, 3.63) is 0 Å². The maximum atomic E-state index is 11.7. The Morgan fingerprint density at radius 2 is 2.12 bits per heavy atom. The molecule has 0 aliphatic heterocycles. The third-order valence-electron chi connectivity index (χ3n) is 0.925. The lowest BCUT2D eigenvalue weighted by Gasteiger charge is -2.15. The molecule has 0 N–H and O–H groups in total. The summed E-state index contributed by atoms with van der Waals surface area (Å²) in [6.07, 6.45) is 0.424. The smallest absolute Gasteiger partial charge is 0.343 e. The molecule has 4 heteroatoms. The van der Waals surface area contributed by atoms with E-state index in [1.54, 1.807) is 21.1 Å². The first kappa shape index (κ1) is 8.12. The highest BCUT2D eigenvalue weighted by atomic mass is 19.1. The van der Waals surface area contributed by atoms with Crippen LogP contribution in [0.25, 0.3) is 0 Å². The van der Waals surface area contributed by atoms with Gasteiger partial charge in [0.25, 0.3) is 0 Å². The van der Waals surface area contributed by atoms with Crippen LogP contribution >= 0.6 is 0 Å². The van der Waals surface area contributed by atoms with Gasteiger partial charge in [-0.1, -0.05) is 19.1 Å². The van der Waals surface area contributed by atoms with Gasteiger partial charge in [0.15, 0.2) is 0 Å². The lowest BCUT2D eigenvalue weighted by Crippen LogP contribution is -2.17. The van der Waals surface area contributed by atoms with Crippen molar-refractivity contribution < 1.29 is 4.32 Å². The van der Waals surface area contributed by atoms with Crippen molar-refractivity contribution in [2.45, 2.75) is 25.3 Å². The molecule has 4 radical (unpaired) electrons. The first-order chi connectivity index (χ1) is 3.62. The summed E-state index contributed by atoms with van der Waals surface area (Å²) in [5, 5.41) is -0.450. The largest absolute Gasteiger partial charge is 0.352 e. The van der Waals surface area contributed by atoms with Gasteiger partial charge in [0.2, 0.25) is 0 Å². The van der Waals surface area contributed by atoms with Crippen LogP contribution in [0.15, 0.2) is 0 Å². The molecule has 0 spiro atoms. The molecular weight excluding hydrogens is 99.5 g/mol. The van der Waals surface area contributed by atoms with Crippen LogP contribution in [0.5, 0.6) is 0 Å². The first-order valence-electron chi connectivity index (χ1n) is 2.61. The highest BCUT2D eigenvalue weighted by Crippen LogP contribution is 2.20. The van der Waals surface area contributed by atoms with Gasteiger partial charge in [-0.3, -0.25) is 0 Å². The van der Waals surface area contributed by atoms with Crippen molar-refractivity contribution in [2.24, 2.45) is 0 Å². The number of halogens is 1. The van der Waals surface area contributed by atoms with E-state index in [1.807, 2.05) is 0 Å². The SMILES string of the molecule is [B]C[B]C(C)(C)[B]F. The van der Waals surface area contributed by atoms with Gasteiger partial charge in [0.1, 0.15) is 7.28 Å². The fourth-order valence-electron chi connectivity index (χ4n) is 0.348. The second kappa shape index (κ2) is 3.21. The van der Waals surface area contributed by atoms with Crippen molar-refractivity contribution in [1.29, 1.82) is 0 Å². The third-order valence-corrected chi connectivity index (χ3v) is 0.925. The molecule has 0 aliphatic rings. The molecule has 0 aromatic rings. The Morgan fingerprint density at radius 3 is 2.25 bits per heavy atom. The molecule has 0 nitrogen and oxygen atoms in total. The van der Waals surface area contributed by atoms with E-state index in [0.717, 1.165) is 0 Å². The molecule has 40 valence electrons. The standard InChI is InChI=1S/C4H8B3F/c1-4(2,7-8)6-3-5/h3H2,1-2H3. The molecule has 0 aromatic carbocycles. The average molecular weight is 108 g/mol. The summed E-state index contributed by atoms with van der Waals surface area (Å²) in [5.41, 5.74) is 0. The Kier molecular flexibility index (Phi) is 3.26. The Bertz CT molecular complexity index is 64.3. The second-order valence-corrected chi connectivity index (χ2v) is 2.37. The molecule has 0 aliphatic carbocycles. The van der Waals surface area contributed by atoms with E-state index in [-0.39, 0.29) is 0 Å². The van der Waals surface area contributed by atoms with Crippen LogP contribution in [-0.2, 0) is 0 Å². The molecule has 0 bridgehead atoms. The van der Waals surface area contributed by atoms with Gasteiger partial charge in [-0.05, 0) is 0 Å². The van der Waals surface area contributed by atoms with Crippen molar-refractivity contribution in [1.82, 2.24) is 0 Å². The van der Waals surface area contributed by atoms with E-state index in [0.29, 0.717) is 13.8 Å². The molecule has 0 saturated carbocycles. The molecule has 0 unspecified atom stereocenters. The molecule has 0 saturated heterocycles. The van der Waals surface area contributed by atoms with Crippen LogP contribution < -0.4 is 0 Å². The maximum Gasteiger partial charge on any atom is 0.352 e. The van der Waals surface area contributed by atoms with E-state index in [9.17, 15) is 4.32 Å². The van der Waals surface area contributed by atoms with Crippen LogP contribution in [0.3, 0.4) is 0 Å². The van der Waals surface area contributed by atoms with Crippen LogP contribution in [-0.4, -0.2) is 22.7 Å². The van der Waals surface area contributed by atoms with Crippen LogP contribution in [0.1, 0.15) is 13.8 Å². The lowest BCUT2D eigenvalue weighted by molar-refractivity contribution is 0.781. The number of hydrogen-bond acceptors (Lipinski definition) is 0. The van der Waals surface area contributed by atoms with Gasteiger partial charge in [-0.15, -0.1) is 6.22 Å². The van der Waals surface area contributed by atoms with E-state index in [2.05, 4.69) is 0 Å². The summed E-state index contributed by atoms with van der Waals surface area (Å²) in [5.74, 6) is 0. The maximum absolute atomic E-state index is 11.7. The van der Waals surface area contributed by atoms with Gasteiger partial charge < -0.3 is 4.32 Å². The predicted molar refractivity (Wildman–Crippen MR) is 37.2 cm³/mol. The van der Waals surface area contributed by atoms with Gasteiger partial charge in [0, 0.05) is 0 Å². The third kappa shape index (κ3) is 3.17. The number of hydrogen-bond donors (Lipinski definition) is 0. The Morgan fingerprint density at radius 1 is 1.62 bits per heavy atom. The molecule has 0 atom stereocenters.